The minimum Gasteiger partial charge on any atom is -0.437 e. The summed E-state index contributed by atoms with van der Waals surface area (Å²) in [6.07, 6.45) is 1.56. The molecule has 4 heteroatoms. The number of aryl methyl sites for hydroxylation is 2. The fourth-order valence-corrected chi connectivity index (χ4v) is 1.76. The van der Waals surface area contributed by atoms with E-state index in [1.54, 1.807) is 6.20 Å². The number of rotatable bonds is 2. The van der Waals surface area contributed by atoms with Crippen LogP contribution < -0.4 is 10.5 Å². The highest BCUT2D eigenvalue weighted by Crippen LogP contribution is 2.30. The van der Waals surface area contributed by atoms with Crippen LogP contribution in [0, 0.1) is 13.8 Å². The molecule has 0 aliphatic carbocycles. The van der Waals surface area contributed by atoms with Gasteiger partial charge in [-0.25, -0.2) is 4.98 Å². The van der Waals surface area contributed by atoms with Crippen molar-refractivity contribution >= 4 is 17.3 Å². The number of hydrogen-bond acceptors (Lipinski definition) is 3. The van der Waals surface area contributed by atoms with E-state index < -0.39 is 0 Å². The summed E-state index contributed by atoms with van der Waals surface area (Å²) in [7, 11) is 0. The van der Waals surface area contributed by atoms with Gasteiger partial charge in [-0.3, -0.25) is 0 Å². The molecule has 1 aromatic carbocycles. The van der Waals surface area contributed by atoms with Gasteiger partial charge >= 0.3 is 0 Å². The number of benzene rings is 1. The highest BCUT2D eigenvalue weighted by atomic mass is 35.5. The minimum atomic E-state index is 0.518. The number of nitrogen functional groups attached to an aromatic ring is 1. The first-order valence-electron chi connectivity index (χ1n) is 5.22. The number of anilines is 1. The monoisotopic (exact) mass is 248 g/mol. The number of nitrogens with zero attached hydrogens (tertiary/aromatic N) is 1. The van der Waals surface area contributed by atoms with Crippen molar-refractivity contribution in [1.82, 2.24) is 4.98 Å². The molecule has 88 valence electrons. The third-order valence-electron chi connectivity index (χ3n) is 2.35. The molecule has 0 fully saturated rings. The van der Waals surface area contributed by atoms with Gasteiger partial charge in [-0.1, -0.05) is 17.7 Å². The predicted molar refractivity (Wildman–Crippen MR) is 69.6 cm³/mol. The zero-order valence-corrected chi connectivity index (χ0v) is 10.5. The summed E-state index contributed by atoms with van der Waals surface area (Å²) >= 11 is 6.09. The molecule has 17 heavy (non-hydrogen) atoms. The van der Waals surface area contributed by atoms with Crippen LogP contribution in [0.15, 0.2) is 30.5 Å². The zero-order chi connectivity index (χ0) is 12.4. The van der Waals surface area contributed by atoms with E-state index in [1.807, 2.05) is 38.1 Å². The van der Waals surface area contributed by atoms with E-state index in [0.29, 0.717) is 22.3 Å². The standard InChI is InChI=1S/C13H13ClN2O/c1-8-3-4-12(11(14)5-8)17-13-9(2)6-10(15)7-16-13/h3-7H,15H2,1-2H3. The molecule has 1 heterocycles. The topological polar surface area (TPSA) is 48.1 Å². The Kier molecular flexibility index (Phi) is 3.20. The molecule has 3 nitrogen and oxygen atoms in total. The van der Waals surface area contributed by atoms with Gasteiger partial charge in [0.15, 0.2) is 0 Å². The van der Waals surface area contributed by atoms with Crippen molar-refractivity contribution in [3.8, 4) is 11.6 Å². The molecule has 2 rings (SSSR count). The van der Waals surface area contributed by atoms with Gasteiger partial charge in [0.05, 0.1) is 16.9 Å². The Balaban J connectivity index is 2.31. The molecule has 0 saturated heterocycles. The van der Waals surface area contributed by atoms with E-state index in [-0.39, 0.29) is 0 Å². The maximum Gasteiger partial charge on any atom is 0.222 e. The molecule has 0 aliphatic heterocycles. The van der Waals surface area contributed by atoms with Crippen molar-refractivity contribution in [1.29, 1.82) is 0 Å². The summed E-state index contributed by atoms with van der Waals surface area (Å²) in [5, 5.41) is 0.572. The van der Waals surface area contributed by atoms with Gasteiger partial charge in [0, 0.05) is 5.56 Å². The van der Waals surface area contributed by atoms with Crippen LogP contribution in [0.1, 0.15) is 11.1 Å². The summed E-state index contributed by atoms with van der Waals surface area (Å²) in [5.41, 5.74) is 8.21. The second-order valence-corrected chi connectivity index (χ2v) is 4.33. The van der Waals surface area contributed by atoms with Gasteiger partial charge in [0.25, 0.3) is 0 Å². The first-order valence-corrected chi connectivity index (χ1v) is 5.60. The lowest BCUT2D eigenvalue weighted by Crippen LogP contribution is -1.94. The third-order valence-corrected chi connectivity index (χ3v) is 2.64. The molecule has 1 aromatic heterocycles. The highest BCUT2D eigenvalue weighted by molar-refractivity contribution is 6.32. The smallest absolute Gasteiger partial charge is 0.222 e. The maximum atomic E-state index is 6.09. The normalized spacial score (nSPS) is 10.3. The quantitative estimate of drug-likeness (QED) is 0.881. The lowest BCUT2D eigenvalue weighted by atomic mass is 10.2. The second kappa shape index (κ2) is 4.63. The van der Waals surface area contributed by atoms with E-state index >= 15 is 0 Å². The number of nitrogens with two attached hydrogens (primary N) is 1. The fraction of sp³-hybridized carbons (Fsp3) is 0.154. The maximum absolute atomic E-state index is 6.09. The van der Waals surface area contributed by atoms with Crippen molar-refractivity contribution < 1.29 is 4.74 Å². The van der Waals surface area contributed by atoms with Crippen LogP contribution in [0.25, 0.3) is 0 Å². The molecule has 0 unspecified atom stereocenters. The largest absolute Gasteiger partial charge is 0.437 e. The molecule has 0 atom stereocenters. The summed E-state index contributed by atoms with van der Waals surface area (Å²) in [4.78, 5) is 4.13. The number of aromatic nitrogens is 1. The first kappa shape index (κ1) is 11.7. The van der Waals surface area contributed by atoms with E-state index in [9.17, 15) is 0 Å². The van der Waals surface area contributed by atoms with Crippen molar-refractivity contribution in [3.63, 3.8) is 0 Å². The average Bonchev–Trinajstić information content (AvgIpc) is 2.25. The van der Waals surface area contributed by atoms with E-state index in [1.165, 1.54) is 0 Å². The third kappa shape index (κ3) is 2.68. The lowest BCUT2D eigenvalue weighted by molar-refractivity contribution is 0.459. The molecule has 0 aliphatic rings. The van der Waals surface area contributed by atoms with Gasteiger partial charge in [0.1, 0.15) is 5.75 Å². The van der Waals surface area contributed by atoms with Gasteiger partial charge in [-0.2, -0.15) is 0 Å². The van der Waals surface area contributed by atoms with Crippen LogP contribution in [-0.4, -0.2) is 4.98 Å². The minimum absolute atomic E-state index is 0.518. The molecule has 0 amide bonds. The zero-order valence-electron chi connectivity index (χ0n) is 9.70. The number of hydrogen-bond donors (Lipinski definition) is 1. The fourth-order valence-electron chi connectivity index (χ4n) is 1.48. The Morgan fingerprint density at radius 2 is 2.00 bits per heavy atom. The SMILES string of the molecule is Cc1ccc(Oc2ncc(N)cc2C)c(Cl)c1. The molecular weight excluding hydrogens is 236 g/mol. The van der Waals surface area contributed by atoms with Gasteiger partial charge in [0.2, 0.25) is 5.88 Å². The Morgan fingerprint density at radius 3 is 2.65 bits per heavy atom. The van der Waals surface area contributed by atoms with Crippen molar-refractivity contribution in [3.05, 3.63) is 46.6 Å². The number of halogens is 1. The molecule has 2 aromatic rings. The number of ether oxygens (including phenoxy) is 1. The summed E-state index contributed by atoms with van der Waals surface area (Å²) in [6, 6.07) is 7.43. The molecule has 0 radical (unpaired) electrons. The van der Waals surface area contributed by atoms with Gasteiger partial charge < -0.3 is 10.5 Å². The first-order chi connectivity index (χ1) is 8.06. The summed E-state index contributed by atoms with van der Waals surface area (Å²) in [6.45, 7) is 3.86. The van der Waals surface area contributed by atoms with Crippen LogP contribution >= 0.6 is 11.6 Å². The Labute approximate surface area is 105 Å². The Bertz CT molecular complexity index is 506. The Morgan fingerprint density at radius 1 is 1.24 bits per heavy atom. The van der Waals surface area contributed by atoms with Crippen LogP contribution in [0.5, 0.6) is 11.6 Å². The lowest BCUT2D eigenvalue weighted by Gasteiger charge is -2.09. The van der Waals surface area contributed by atoms with Crippen LogP contribution in [0.3, 0.4) is 0 Å². The summed E-state index contributed by atoms with van der Waals surface area (Å²) < 4.78 is 5.65. The van der Waals surface area contributed by atoms with Crippen LogP contribution in [-0.2, 0) is 0 Å². The van der Waals surface area contributed by atoms with Crippen molar-refractivity contribution in [2.75, 3.05) is 5.73 Å². The molecule has 0 spiro atoms. The van der Waals surface area contributed by atoms with E-state index in [2.05, 4.69) is 4.98 Å². The summed E-state index contributed by atoms with van der Waals surface area (Å²) in [5.74, 6) is 1.11. The van der Waals surface area contributed by atoms with Crippen LogP contribution in [0.2, 0.25) is 5.02 Å². The average molecular weight is 249 g/mol. The van der Waals surface area contributed by atoms with Gasteiger partial charge in [-0.15, -0.1) is 0 Å². The molecule has 2 N–H and O–H groups in total. The predicted octanol–water partition coefficient (Wildman–Crippen LogP) is 3.73. The van der Waals surface area contributed by atoms with Crippen molar-refractivity contribution in [2.45, 2.75) is 13.8 Å². The van der Waals surface area contributed by atoms with Crippen molar-refractivity contribution in [2.24, 2.45) is 0 Å². The molecular formula is C13H13ClN2O. The number of pyridine rings is 1. The molecule has 0 saturated carbocycles. The molecule has 0 bridgehead atoms. The van der Waals surface area contributed by atoms with E-state index in [0.717, 1.165) is 11.1 Å². The Hall–Kier alpha value is -1.74. The van der Waals surface area contributed by atoms with Gasteiger partial charge in [-0.05, 0) is 37.6 Å². The second-order valence-electron chi connectivity index (χ2n) is 3.93. The van der Waals surface area contributed by atoms with E-state index in [4.69, 9.17) is 22.1 Å². The van der Waals surface area contributed by atoms with Crippen LogP contribution in [0.4, 0.5) is 5.69 Å². The highest BCUT2D eigenvalue weighted by Gasteiger charge is 2.07.